The van der Waals surface area contributed by atoms with Gasteiger partial charge in [0.25, 0.3) is 11.8 Å². The number of carbonyl (C=O) groups excluding carboxylic acids is 2. The van der Waals surface area contributed by atoms with Gasteiger partial charge in [0.1, 0.15) is 5.75 Å². The summed E-state index contributed by atoms with van der Waals surface area (Å²) in [6.07, 6.45) is -9.75. The molecular weight excluding hydrogens is 604 g/mol. The van der Waals surface area contributed by atoms with Crippen LogP contribution in [0.4, 0.5) is 32.0 Å². The standard InChI is InChI=1S/C32H33F6N3O4/c1-3-22-19-40(30(44)24-11-10-21(31(33,34)35)18-26(24)32(36,37)38)14-15-41(22)27-12-9-20(17-25(27)29(43)39-13-16-42)23-7-5-6-8-28(23)45-4-2/h5-12,17-18,22,42H,3-4,13-16,19H2,1-2H3,(H,39,43)/t22-/m1/s1. The normalized spacial score (nSPS) is 15.6. The van der Waals surface area contributed by atoms with E-state index >= 15 is 0 Å². The number of halogens is 6. The van der Waals surface area contributed by atoms with Gasteiger partial charge >= 0.3 is 12.4 Å². The molecule has 2 N–H and O–H groups in total. The van der Waals surface area contributed by atoms with Gasteiger partial charge in [0.2, 0.25) is 0 Å². The number of hydrogen-bond donors (Lipinski definition) is 2. The van der Waals surface area contributed by atoms with Crippen LogP contribution in [-0.2, 0) is 12.4 Å². The number of nitrogens with zero attached hydrogens (tertiary/aromatic N) is 2. The van der Waals surface area contributed by atoms with Gasteiger partial charge < -0.3 is 25.0 Å². The van der Waals surface area contributed by atoms with Crippen molar-refractivity contribution >= 4 is 17.5 Å². The van der Waals surface area contributed by atoms with Gasteiger partial charge in [-0.3, -0.25) is 9.59 Å². The van der Waals surface area contributed by atoms with Crippen LogP contribution in [0.5, 0.6) is 5.75 Å². The molecule has 2 amide bonds. The maximum atomic E-state index is 13.8. The van der Waals surface area contributed by atoms with Crippen LogP contribution in [-0.4, -0.2) is 67.3 Å². The first-order valence-electron chi connectivity index (χ1n) is 14.4. The third-order valence-electron chi connectivity index (χ3n) is 7.57. The number of piperazine rings is 1. The predicted molar refractivity (Wildman–Crippen MR) is 156 cm³/mol. The number of para-hydroxylation sites is 1. The topological polar surface area (TPSA) is 82.1 Å². The largest absolute Gasteiger partial charge is 0.493 e. The zero-order chi connectivity index (χ0) is 32.9. The quantitative estimate of drug-likeness (QED) is 0.271. The van der Waals surface area contributed by atoms with Crippen LogP contribution >= 0.6 is 0 Å². The fraction of sp³-hybridized carbons (Fsp3) is 0.375. The molecule has 1 fully saturated rings. The smallest absolute Gasteiger partial charge is 0.417 e. The van der Waals surface area contributed by atoms with Crippen molar-refractivity contribution in [2.45, 2.75) is 38.7 Å². The van der Waals surface area contributed by atoms with Crippen molar-refractivity contribution < 1.29 is 45.8 Å². The molecular formula is C32H33F6N3O4. The first kappa shape index (κ1) is 33.6. The van der Waals surface area contributed by atoms with E-state index in [2.05, 4.69) is 5.32 Å². The van der Waals surface area contributed by atoms with Gasteiger partial charge in [0.15, 0.2) is 0 Å². The van der Waals surface area contributed by atoms with Gasteiger partial charge in [0, 0.05) is 43.5 Å². The zero-order valence-electron chi connectivity index (χ0n) is 24.6. The molecule has 3 aromatic carbocycles. The van der Waals surface area contributed by atoms with Crippen LogP contribution in [0.3, 0.4) is 0 Å². The van der Waals surface area contributed by atoms with Crippen LogP contribution in [0.15, 0.2) is 60.7 Å². The zero-order valence-corrected chi connectivity index (χ0v) is 24.6. The lowest BCUT2D eigenvalue weighted by Gasteiger charge is -2.43. The Balaban J connectivity index is 1.67. The Morgan fingerprint density at radius 1 is 0.933 bits per heavy atom. The summed E-state index contributed by atoms with van der Waals surface area (Å²) in [5.41, 5.74) is -1.76. The number of anilines is 1. The van der Waals surface area contributed by atoms with E-state index < -0.39 is 46.9 Å². The van der Waals surface area contributed by atoms with Crippen molar-refractivity contribution in [2.24, 2.45) is 0 Å². The molecule has 3 aromatic rings. The molecule has 1 heterocycles. The highest BCUT2D eigenvalue weighted by Crippen LogP contribution is 2.39. The van der Waals surface area contributed by atoms with E-state index in [1.807, 2.05) is 49.1 Å². The third-order valence-corrected chi connectivity index (χ3v) is 7.57. The number of alkyl halides is 6. The molecule has 1 saturated heterocycles. The molecule has 13 heteroatoms. The molecule has 1 aliphatic rings. The number of amides is 2. The number of rotatable bonds is 9. The number of ether oxygens (including phenoxy) is 1. The molecule has 0 unspecified atom stereocenters. The van der Waals surface area contributed by atoms with E-state index in [9.17, 15) is 41.0 Å². The molecule has 0 saturated carbocycles. The van der Waals surface area contributed by atoms with Gasteiger partial charge in [-0.1, -0.05) is 31.2 Å². The average molecular weight is 638 g/mol. The minimum absolute atomic E-state index is 0.00614. The summed E-state index contributed by atoms with van der Waals surface area (Å²) >= 11 is 0. The van der Waals surface area contributed by atoms with E-state index in [4.69, 9.17) is 4.74 Å². The Labute approximate surface area is 256 Å². The Morgan fingerprint density at radius 3 is 2.31 bits per heavy atom. The molecule has 1 aliphatic heterocycles. The Bertz CT molecular complexity index is 1530. The fourth-order valence-electron chi connectivity index (χ4n) is 5.41. The van der Waals surface area contributed by atoms with Crippen LogP contribution in [0, 0.1) is 0 Å². The molecule has 7 nitrogen and oxygen atoms in total. The molecule has 0 spiro atoms. The van der Waals surface area contributed by atoms with Crippen LogP contribution in [0.2, 0.25) is 0 Å². The molecule has 45 heavy (non-hydrogen) atoms. The minimum atomic E-state index is -5.18. The average Bonchev–Trinajstić information content (AvgIpc) is 3.02. The maximum Gasteiger partial charge on any atom is 0.417 e. The molecule has 4 rings (SSSR count). The lowest BCUT2D eigenvalue weighted by molar-refractivity contribution is -0.143. The number of aliphatic hydroxyl groups excluding tert-OH is 1. The second-order valence-electron chi connectivity index (χ2n) is 10.4. The van der Waals surface area contributed by atoms with Gasteiger partial charge in [-0.2, -0.15) is 26.3 Å². The van der Waals surface area contributed by atoms with Gasteiger partial charge in [-0.25, -0.2) is 0 Å². The van der Waals surface area contributed by atoms with Crippen LogP contribution in [0.25, 0.3) is 11.1 Å². The van der Waals surface area contributed by atoms with Crippen LogP contribution < -0.4 is 15.0 Å². The van der Waals surface area contributed by atoms with E-state index in [1.165, 1.54) is 4.90 Å². The van der Waals surface area contributed by atoms with Crippen LogP contribution in [0.1, 0.15) is 52.1 Å². The number of benzene rings is 3. The van der Waals surface area contributed by atoms with Crippen molar-refractivity contribution in [3.63, 3.8) is 0 Å². The number of aliphatic hydroxyl groups is 1. The summed E-state index contributed by atoms with van der Waals surface area (Å²) in [6.45, 7) is 3.90. The molecule has 1 atom stereocenters. The number of carbonyl (C=O) groups is 2. The van der Waals surface area contributed by atoms with Gasteiger partial charge in [-0.15, -0.1) is 0 Å². The van der Waals surface area contributed by atoms with Crippen molar-refractivity contribution in [1.29, 1.82) is 0 Å². The highest BCUT2D eigenvalue weighted by Gasteiger charge is 2.41. The Morgan fingerprint density at radius 2 is 1.67 bits per heavy atom. The molecule has 0 aliphatic carbocycles. The highest BCUT2D eigenvalue weighted by molar-refractivity contribution is 6.01. The molecule has 0 radical (unpaired) electrons. The van der Waals surface area contributed by atoms with E-state index in [0.717, 1.165) is 5.56 Å². The first-order chi connectivity index (χ1) is 21.3. The summed E-state index contributed by atoms with van der Waals surface area (Å²) in [7, 11) is 0. The molecule has 0 aromatic heterocycles. The van der Waals surface area contributed by atoms with E-state index in [1.54, 1.807) is 12.1 Å². The van der Waals surface area contributed by atoms with Crippen molar-refractivity contribution in [3.05, 3.63) is 82.9 Å². The summed E-state index contributed by atoms with van der Waals surface area (Å²) in [4.78, 5) is 29.7. The van der Waals surface area contributed by atoms with Gasteiger partial charge in [0.05, 0.1) is 35.5 Å². The SMILES string of the molecule is CCOc1ccccc1-c1ccc(N2CCN(C(=O)c3ccc(C(F)(F)F)cc3C(F)(F)F)C[C@H]2CC)c(C(=O)NCCO)c1. The van der Waals surface area contributed by atoms with E-state index in [0.29, 0.717) is 42.2 Å². The van der Waals surface area contributed by atoms with Crippen molar-refractivity contribution in [2.75, 3.05) is 44.3 Å². The lowest BCUT2D eigenvalue weighted by Crippen LogP contribution is -2.55. The molecule has 242 valence electrons. The summed E-state index contributed by atoms with van der Waals surface area (Å²) < 4.78 is 86.6. The number of hydrogen-bond acceptors (Lipinski definition) is 5. The van der Waals surface area contributed by atoms with Crippen molar-refractivity contribution in [3.8, 4) is 16.9 Å². The number of nitrogens with one attached hydrogen (secondary N) is 1. The highest BCUT2D eigenvalue weighted by atomic mass is 19.4. The van der Waals surface area contributed by atoms with Crippen molar-refractivity contribution in [1.82, 2.24) is 10.2 Å². The second kappa shape index (κ2) is 13.8. The Hall–Kier alpha value is -4.26. The lowest BCUT2D eigenvalue weighted by atomic mass is 9.97. The minimum Gasteiger partial charge on any atom is -0.493 e. The predicted octanol–water partition coefficient (Wildman–Crippen LogP) is 6.25. The monoisotopic (exact) mass is 637 g/mol. The first-order valence-corrected chi connectivity index (χ1v) is 14.4. The molecule has 0 bridgehead atoms. The summed E-state index contributed by atoms with van der Waals surface area (Å²) in [5.74, 6) is -0.866. The fourth-order valence-corrected chi connectivity index (χ4v) is 5.41. The summed E-state index contributed by atoms with van der Waals surface area (Å²) in [6, 6.07) is 13.2. The third kappa shape index (κ3) is 7.52. The maximum absolute atomic E-state index is 13.8. The van der Waals surface area contributed by atoms with E-state index in [-0.39, 0.29) is 44.4 Å². The second-order valence-corrected chi connectivity index (χ2v) is 10.4. The summed E-state index contributed by atoms with van der Waals surface area (Å²) in [5, 5.41) is 11.9. The Kier molecular flexibility index (Phi) is 10.3. The van der Waals surface area contributed by atoms with Gasteiger partial charge in [-0.05, 0) is 55.3 Å².